The second-order valence-electron chi connectivity index (χ2n) is 21.2. The van der Waals surface area contributed by atoms with Gasteiger partial charge in [-0.2, -0.15) is 0 Å². The number of carbonyl (C=O) groups excluding carboxylic acids is 4. The lowest BCUT2D eigenvalue weighted by molar-refractivity contribution is -0.144. The predicted molar refractivity (Wildman–Crippen MR) is 294 cm³/mol. The number of fused-ring (bicyclic) bond motifs is 1. The number of likely N-dealkylation sites (tertiary alicyclic amines) is 1. The number of β-amino-alcohol motifs (C(OH)–C–C–N with tert-alkyl or cyclic N) is 1. The maximum absolute atomic E-state index is 14.2. The van der Waals surface area contributed by atoms with Gasteiger partial charge in [0.25, 0.3) is 0 Å². The topological polar surface area (TPSA) is 182 Å². The van der Waals surface area contributed by atoms with Crippen molar-refractivity contribution >= 4 is 56.3 Å². The number of aliphatic hydroxyl groups is 1. The fourth-order valence-electron chi connectivity index (χ4n) is 10.0. The number of phenolic OH excluding ortho intramolecular Hbond substituents is 2. The SMILES string of the molecule is Cc1ncsc1-c1ccc([C@H](C)NC(=O)[C@@H]2C[C@@H](O)CN2C(=O)[C@@H](NC(=O)CCCCCCCN(CCOc2ccc(C(=O)c3c(-c4ccc(O)cc4)sc4cc(O)ccc34)cc2)CC2CCC2)C(C)(C)C)cc1. The monoisotopic (exact) mass is 1040 g/mol. The molecule has 1 aliphatic carbocycles. The number of ketones is 1. The second-order valence-corrected chi connectivity index (χ2v) is 23.1. The van der Waals surface area contributed by atoms with E-state index in [-0.39, 0.29) is 54.0 Å². The Kier molecular flexibility index (Phi) is 17.9. The number of nitrogens with zero attached hydrogens (tertiary/aromatic N) is 3. The summed E-state index contributed by atoms with van der Waals surface area (Å²) in [7, 11) is 0. The zero-order valence-electron chi connectivity index (χ0n) is 43.3. The molecule has 0 bridgehead atoms. The van der Waals surface area contributed by atoms with Gasteiger partial charge >= 0.3 is 0 Å². The molecule has 392 valence electrons. The molecule has 15 heteroatoms. The first kappa shape index (κ1) is 54.1. The molecule has 1 saturated carbocycles. The summed E-state index contributed by atoms with van der Waals surface area (Å²) in [4.78, 5) is 65.6. The summed E-state index contributed by atoms with van der Waals surface area (Å²) >= 11 is 3.02. The van der Waals surface area contributed by atoms with E-state index in [0.29, 0.717) is 42.2 Å². The zero-order chi connectivity index (χ0) is 52.5. The van der Waals surface area contributed by atoms with Gasteiger partial charge in [-0.25, -0.2) is 4.98 Å². The number of rotatable bonds is 23. The van der Waals surface area contributed by atoms with E-state index in [1.165, 1.54) is 35.5 Å². The Morgan fingerprint density at radius 1 is 0.838 bits per heavy atom. The number of hydrogen-bond donors (Lipinski definition) is 5. The van der Waals surface area contributed by atoms with Crippen LogP contribution in [0.5, 0.6) is 17.2 Å². The number of ether oxygens (including phenoxy) is 1. The highest BCUT2D eigenvalue weighted by Crippen LogP contribution is 2.42. The number of carbonyl (C=O) groups is 4. The Bertz CT molecular complexity index is 2870. The first-order chi connectivity index (χ1) is 35.5. The molecule has 1 saturated heterocycles. The van der Waals surface area contributed by atoms with Gasteiger partial charge in [-0.1, -0.05) is 70.7 Å². The number of nitrogens with one attached hydrogen (secondary N) is 2. The number of aromatic nitrogens is 1. The van der Waals surface area contributed by atoms with Gasteiger partial charge in [0.05, 0.1) is 28.2 Å². The maximum atomic E-state index is 14.2. The Balaban J connectivity index is 0.767. The van der Waals surface area contributed by atoms with Crippen molar-refractivity contribution in [2.45, 2.75) is 123 Å². The van der Waals surface area contributed by atoms with Crippen molar-refractivity contribution in [2.75, 3.05) is 32.8 Å². The molecule has 0 radical (unpaired) electrons. The minimum atomic E-state index is -0.869. The summed E-state index contributed by atoms with van der Waals surface area (Å²) in [6, 6.07) is 25.1. The van der Waals surface area contributed by atoms with Crippen LogP contribution in [0.15, 0.2) is 96.5 Å². The van der Waals surface area contributed by atoms with Crippen LogP contribution in [-0.2, 0) is 14.4 Å². The fourth-order valence-corrected chi connectivity index (χ4v) is 12.1. The van der Waals surface area contributed by atoms with Crippen LogP contribution >= 0.6 is 22.7 Å². The van der Waals surface area contributed by atoms with Gasteiger partial charge < -0.3 is 35.6 Å². The van der Waals surface area contributed by atoms with Gasteiger partial charge in [0.2, 0.25) is 17.7 Å². The third-order valence-electron chi connectivity index (χ3n) is 14.5. The van der Waals surface area contributed by atoms with Crippen molar-refractivity contribution in [2.24, 2.45) is 11.3 Å². The number of aryl methyl sites for hydroxylation is 1. The van der Waals surface area contributed by atoms with Crippen LogP contribution in [0.3, 0.4) is 0 Å². The third kappa shape index (κ3) is 13.6. The Morgan fingerprint density at radius 2 is 1.51 bits per heavy atom. The smallest absolute Gasteiger partial charge is 0.246 e. The number of amides is 3. The minimum absolute atomic E-state index is 0.0218. The lowest BCUT2D eigenvalue weighted by Gasteiger charge is -2.35. The van der Waals surface area contributed by atoms with Crippen molar-refractivity contribution in [1.82, 2.24) is 25.4 Å². The van der Waals surface area contributed by atoms with E-state index in [4.69, 9.17) is 4.74 Å². The zero-order valence-corrected chi connectivity index (χ0v) is 44.9. The summed E-state index contributed by atoms with van der Waals surface area (Å²) in [5.74, 6) is 0.653. The molecule has 1 aliphatic heterocycles. The highest BCUT2D eigenvalue weighted by molar-refractivity contribution is 7.22. The van der Waals surface area contributed by atoms with Crippen LogP contribution in [0, 0.1) is 18.3 Å². The molecule has 5 N–H and O–H groups in total. The fraction of sp³-hybridized carbons (Fsp3) is 0.441. The Labute approximate surface area is 443 Å². The summed E-state index contributed by atoms with van der Waals surface area (Å²) in [6.45, 7) is 12.9. The first-order valence-corrected chi connectivity index (χ1v) is 27.9. The number of phenols is 2. The molecule has 74 heavy (non-hydrogen) atoms. The second kappa shape index (κ2) is 24.5. The average molecular weight is 1040 g/mol. The van der Waals surface area contributed by atoms with E-state index in [9.17, 15) is 34.5 Å². The van der Waals surface area contributed by atoms with Crippen LogP contribution < -0.4 is 15.4 Å². The molecule has 3 amide bonds. The van der Waals surface area contributed by atoms with E-state index in [0.717, 1.165) is 87.5 Å². The molecular weight excluding hydrogens is 971 g/mol. The summed E-state index contributed by atoms with van der Waals surface area (Å²) in [5, 5.41) is 37.6. The van der Waals surface area contributed by atoms with Crippen LogP contribution in [0.1, 0.15) is 125 Å². The number of thiazole rings is 1. The predicted octanol–water partition coefficient (Wildman–Crippen LogP) is 10.8. The van der Waals surface area contributed by atoms with Gasteiger partial charge in [0.1, 0.15) is 35.9 Å². The van der Waals surface area contributed by atoms with Crippen molar-refractivity contribution < 1.29 is 39.2 Å². The van der Waals surface area contributed by atoms with Crippen molar-refractivity contribution in [1.29, 1.82) is 0 Å². The lowest BCUT2D eigenvalue weighted by Crippen LogP contribution is -2.57. The number of unbranched alkanes of at least 4 members (excludes halogenated alkanes) is 4. The number of aromatic hydroxyl groups is 2. The molecule has 2 fully saturated rings. The summed E-state index contributed by atoms with van der Waals surface area (Å²) in [6.07, 6.45) is 8.01. The van der Waals surface area contributed by atoms with Gasteiger partial charge in [-0.15, -0.1) is 22.7 Å². The van der Waals surface area contributed by atoms with E-state index in [2.05, 4.69) is 20.5 Å². The normalized spacial score (nSPS) is 16.8. The van der Waals surface area contributed by atoms with Crippen LogP contribution in [0.25, 0.3) is 31.0 Å². The number of benzene rings is 4. The van der Waals surface area contributed by atoms with Crippen molar-refractivity contribution in [3.8, 4) is 38.1 Å². The number of hydrogen-bond acceptors (Lipinski definition) is 12. The Morgan fingerprint density at radius 3 is 2.19 bits per heavy atom. The lowest BCUT2D eigenvalue weighted by atomic mass is 9.85. The molecule has 4 aromatic carbocycles. The molecule has 3 heterocycles. The molecule has 2 aliphatic rings. The van der Waals surface area contributed by atoms with Crippen molar-refractivity contribution in [3.05, 3.63) is 119 Å². The van der Waals surface area contributed by atoms with Gasteiger partial charge in [-0.3, -0.25) is 24.1 Å². The molecule has 0 unspecified atom stereocenters. The highest BCUT2D eigenvalue weighted by atomic mass is 32.1. The average Bonchev–Trinajstić information content (AvgIpc) is 4.09. The molecular formula is C59H71N5O8S2. The van der Waals surface area contributed by atoms with E-state index in [1.807, 2.05) is 76.5 Å². The maximum Gasteiger partial charge on any atom is 0.246 e. The quantitative estimate of drug-likeness (QED) is 0.0306. The van der Waals surface area contributed by atoms with Crippen LogP contribution in [-0.4, -0.2) is 105 Å². The number of aliphatic hydroxyl groups excluding tert-OH is 1. The van der Waals surface area contributed by atoms with Crippen LogP contribution in [0.4, 0.5) is 0 Å². The van der Waals surface area contributed by atoms with Gasteiger partial charge in [0, 0.05) is 58.6 Å². The summed E-state index contributed by atoms with van der Waals surface area (Å²) in [5.41, 5.74) is 6.04. The molecule has 0 spiro atoms. The standard InChI is InChI=1S/C59H71N5O8S2/c1-37(40-15-17-42(18-16-40)54-38(2)60-36-73-54)61-57(70)49-32-46(67)35-64(49)58(71)56(59(3,4)5)62-51(68)14-9-7-6-8-10-29-63(34-39-12-11-13-39)30-31-72-47-26-21-41(22-27-47)53(69)52-48-28-25-45(66)33-50(48)74-55(52)43-19-23-44(65)24-20-43/h15-28,33,36-37,39,46,49,56,65-67H,6-14,29-32,34-35H2,1-5H3,(H,61,70)(H,62,68)/t37-,46+,49-,56+/m0/s1. The van der Waals surface area contributed by atoms with Crippen molar-refractivity contribution in [3.63, 3.8) is 0 Å². The molecule has 13 nitrogen and oxygen atoms in total. The van der Waals surface area contributed by atoms with E-state index in [1.54, 1.807) is 65.9 Å². The first-order valence-electron chi connectivity index (χ1n) is 26.2. The van der Waals surface area contributed by atoms with E-state index >= 15 is 0 Å². The third-order valence-corrected chi connectivity index (χ3v) is 16.7. The number of thiophene rings is 1. The van der Waals surface area contributed by atoms with Crippen LogP contribution in [0.2, 0.25) is 0 Å². The summed E-state index contributed by atoms with van der Waals surface area (Å²) < 4.78 is 7.03. The highest BCUT2D eigenvalue weighted by Gasteiger charge is 2.44. The molecule has 8 rings (SSSR count). The molecule has 4 atom stereocenters. The minimum Gasteiger partial charge on any atom is -0.508 e. The molecule has 2 aromatic heterocycles. The van der Waals surface area contributed by atoms with E-state index < -0.39 is 23.6 Å². The molecule has 6 aromatic rings. The largest absolute Gasteiger partial charge is 0.508 e. The van der Waals surface area contributed by atoms with Gasteiger partial charge in [0.15, 0.2) is 5.78 Å². The Hall–Kier alpha value is -6.13. The van der Waals surface area contributed by atoms with Gasteiger partial charge in [-0.05, 0) is 141 Å².